The highest BCUT2D eigenvalue weighted by Crippen LogP contribution is 2.28. The number of hydrazone groups is 1. The van der Waals surface area contributed by atoms with Gasteiger partial charge in [-0.1, -0.05) is 12.1 Å². The van der Waals surface area contributed by atoms with Crippen molar-refractivity contribution in [3.63, 3.8) is 0 Å². The number of hydrogen-bond donors (Lipinski definition) is 1. The van der Waals surface area contributed by atoms with Crippen molar-refractivity contribution in [2.75, 3.05) is 6.54 Å². The average molecular weight is 310 g/mol. The first-order chi connectivity index (χ1) is 10.4. The van der Waals surface area contributed by atoms with Crippen LogP contribution in [0.4, 0.5) is 17.6 Å². The van der Waals surface area contributed by atoms with Crippen molar-refractivity contribution in [1.29, 1.82) is 0 Å². The van der Waals surface area contributed by atoms with E-state index in [4.69, 9.17) is 0 Å². The number of rotatable bonds is 2. The van der Waals surface area contributed by atoms with Gasteiger partial charge in [0.05, 0.1) is 23.5 Å². The Hall–Kier alpha value is -2.51. The van der Waals surface area contributed by atoms with Crippen molar-refractivity contribution in [2.24, 2.45) is 5.10 Å². The van der Waals surface area contributed by atoms with Crippen LogP contribution in [0.5, 0.6) is 0 Å². The fourth-order valence-electron chi connectivity index (χ4n) is 2.19. The van der Waals surface area contributed by atoms with Crippen molar-refractivity contribution < 1.29 is 17.6 Å². The third-order valence-corrected chi connectivity index (χ3v) is 3.28. The van der Waals surface area contributed by atoms with Crippen LogP contribution in [0, 0.1) is 5.82 Å². The van der Waals surface area contributed by atoms with E-state index in [1.54, 1.807) is 12.1 Å². The smallest absolute Gasteiger partial charge is 0.309 e. The molecule has 3 rings (SSSR count). The Morgan fingerprint density at radius 1 is 1.05 bits per heavy atom. The number of halogens is 4. The quantitative estimate of drug-likeness (QED) is 0.868. The van der Waals surface area contributed by atoms with Gasteiger partial charge in [0.25, 0.3) is 0 Å². The van der Waals surface area contributed by atoms with Gasteiger partial charge in [-0.2, -0.15) is 18.3 Å². The molecule has 1 aromatic heterocycles. The minimum atomic E-state index is -4.52. The molecule has 4 nitrogen and oxygen atoms in total. The molecule has 2 aromatic rings. The molecular weight excluding hydrogens is 300 g/mol. The van der Waals surface area contributed by atoms with Gasteiger partial charge in [-0.3, -0.25) is 4.98 Å². The standard InChI is InChI=1S/C14H10F4N4/c15-9-3-1-8(2-4-9)13-10(5-21-22-13)11-6-20-12(7-19-11)14(16,17)18/h1-4,6-7,10,21H,5H2. The third-order valence-electron chi connectivity index (χ3n) is 3.28. The van der Waals surface area contributed by atoms with Crippen LogP contribution < -0.4 is 5.43 Å². The lowest BCUT2D eigenvalue weighted by atomic mass is 9.95. The van der Waals surface area contributed by atoms with Crippen LogP contribution in [0.3, 0.4) is 0 Å². The lowest BCUT2D eigenvalue weighted by Crippen LogP contribution is -2.17. The summed E-state index contributed by atoms with van der Waals surface area (Å²) in [6.07, 6.45) is -2.72. The summed E-state index contributed by atoms with van der Waals surface area (Å²) in [5.74, 6) is -0.707. The molecule has 22 heavy (non-hydrogen) atoms. The zero-order chi connectivity index (χ0) is 15.7. The van der Waals surface area contributed by atoms with E-state index in [0.717, 1.165) is 6.20 Å². The van der Waals surface area contributed by atoms with Crippen LogP contribution in [-0.4, -0.2) is 22.2 Å². The lowest BCUT2D eigenvalue weighted by molar-refractivity contribution is -0.141. The summed E-state index contributed by atoms with van der Waals surface area (Å²) in [4.78, 5) is 7.25. The summed E-state index contributed by atoms with van der Waals surface area (Å²) in [7, 11) is 0. The van der Waals surface area contributed by atoms with Gasteiger partial charge in [0, 0.05) is 12.7 Å². The molecule has 0 saturated heterocycles. The summed E-state index contributed by atoms with van der Waals surface area (Å²) >= 11 is 0. The Kier molecular flexibility index (Phi) is 3.51. The first-order valence-corrected chi connectivity index (χ1v) is 6.40. The average Bonchev–Trinajstić information content (AvgIpc) is 2.97. The Balaban J connectivity index is 1.88. The molecule has 1 atom stereocenters. The predicted octanol–water partition coefficient (Wildman–Crippen LogP) is 2.73. The Labute approximate surface area is 122 Å². The van der Waals surface area contributed by atoms with E-state index in [1.807, 2.05) is 0 Å². The molecule has 0 radical (unpaired) electrons. The summed E-state index contributed by atoms with van der Waals surface area (Å²) in [5, 5.41) is 4.12. The van der Waals surface area contributed by atoms with Crippen molar-refractivity contribution in [3.05, 3.63) is 59.4 Å². The number of alkyl halides is 3. The van der Waals surface area contributed by atoms with E-state index in [9.17, 15) is 17.6 Å². The number of nitrogens with one attached hydrogen (secondary N) is 1. The van der Waals surface area contributed by atoms with Gasteiger partial charge in [-0.15, -0.1) is 0 Å². The zero-order valence-electron chi connectivity index (χ0n) is 11.1. The van der Waals surface area contributed by atoms with Crippen molar-refractivity contribution in [2.45, 2.75) is 12.1 Å². The molecule has 1 aliphatic rings. The maximum absolute atomic E-state index is 13.0. The van der Waals surface area contributed by atoms with Gasteiger partial charge in [0.2, 0.25) is 0 Å². The van der Waals surface area contributed by atoms with E-state index >= 15 is 0 Å². The second-order valence-electron chi connectivity index (χ2n) is 4.74. The van der Waals surface area contributed by atoms with Crippen LogP contribution in [-0.2, 0) is 6.18 Å². The fourth-order valence-corrected chi connectivity index (χ4v) is 2.19. The molecular formula is C14H10F4N4. The highest BCUT2D eigenvalue weighted by atomic mass is 19.4. The van der Waals surface area contributed by atoms with Gasteiger partial charge >= 0.3 is 6.18 Å². The van der Waals surface area contributed by atoms with E-state index in [-0.39, 0.29) is 11.7 Å². The zero-order valence-corrected chi connectivity index (χ0v) is 11.1. The fraction of sp³-hybridized carbons (Fsp3) is 0.214. The normalized spacial score (nSPS) is 18.0. The topological polar surface area (TPSA) is 50.2 Å². The molecule has 114 valence electrons. The molecule has 1 unspecified atom stereocenters. The number of benzene rings is 1. The Morgan fingerprint density at radius 3 is 2.36 bits per heavy atom. The van der Waals surface area contributed by atoms with E-state index in [2.05, 4.69) is 20.5 Å². The molecule has 0 bridgehead atoms. The summed E-state index contributed by atoms with van der Waals surface area (Å²) in [6, 6.07) is 5.72. The second-order valence-corrected chi connectivity index (χ2v) is 4.74. The molecule has 1 aromatic carbocycles. The molecule has 0 saturated carbocycles. The first kappa shape index (κ1) is 14.4. The Bertz CT molecular complexity index is 692. The highest BCUT2D eigenvalue weighted by Gasteiger charge is 2.34. The summed E-state index contributed by atoms with van der Waals surface area (Å²) in [6.45, 7) is 0.396. The molecule has 1 N–H and O–H groups in total. The van der Waals surface area contributed by atoms with E-state index < -0.39 is 11.9 Å². The van der Waals surface area contributed by atoms with E-state index in [0.29, 0.717) is 29.7 Å². The summed E-state index contributed by atoms with van der Waals surface area (Å²) < 4.78 is 50.5. The van der Waals surface area contributed by atoms with Crippen LogP contribution >= 0.6 is 0 Å². The van der Waals surface area contributed by atoms with Crippen molar-refractivity contribution >= 4 is 5.71 Å². The minimum absolute atomic E-state index is 0.333. The molecule has 0 amide bonds. The first-order valence-electron chi connectivity index (χ1n) is 6.40. The molecule has 0 aliphatic carbocycles. The Morgan fingerprint density at radius 2 is 1.77 bits per heavy atom. The molecule has 8 heteroatoms. The van der Waals surface area contributed by atoms with Crippen molar-refractivity contribution in [1.82, 2.24) is 15.4 Å². The number of aromatic nitrogens is 2. The maximum atomic E-state index is 13.0. The highest BCUT2D eigenvalue weighted by molar-refractivity contribution is 6.05. The molecule has 0 fully saturated rings. The maximum Gasteiger partial charge on any atom is 0.434 e. The van der Waals surface area contributed by atoms with Crippen LogP contribution in [0.1, 0.15) is 22.9 Å². The molecule has 1 aliphatic heterocycles. The van der Waals surface area contributed by atoms with Gasteiger partial charge < -0.3 is 5.43 Å². The van der Waals surface area contributed by atoms with Gasteiger partial charge in [-0.05, 0) is 17.7 Å². The SMILES string of the molecule is Fc1ccc(C2=NNCC2c2cnc(C(F)(F)F)cn2)cc1. The molecule has 0 spiro atoms. The number of nitrogens with zero attached hydrogens (tertiary/aromatic N) is 3. The second kappa shape index (κ2) is 5.36. The van der Waals surface area contributed by atoms with Gasteiger partial charge in [0.15, 0.2) is 5.69 Å². The lowest BCUT2D eigenvalue weighted by Gasteiger charge is -2.12. The van der Waals surface area contributed by atoms with Gasteiger partial charge in [-0.25, -0.2) is 9.37 Å². The van der Waals surface area contributed by atoms with Gasteiger partial charge in [0.1, 0.15) is 5.82 Å². The summed E-state index contributed by atoms with van der Waals surface area (Å²) in [5.41, 5.74) is 3.39. The minimum Gasteiger partial charge on any atom is -0.309 e. The van der Waals surface area contributed by atoms with E-state index in [1.165, 1.54) is 12.1 Å². The van der Waals surface area contributed by atoms with Crippen LogP contribution in [0.25, 0.3) is 0 Å². The monoisotopic (exact) mass is 310 g/mol. The third kappa shape index (κ3) is 2.76. The largest absolute Gasteiger partial charge is 0.434 e. The predicted molar refractivity (Wildman–Crippen MR) is 70.7 cm³/mol. The van der Waals surface area contributed by atoms with Crippen LogP contribution in [0.15, 0.2) is 41.8 Å². The molecule has 2 heterocycles. The van der Waals surface area contributed by atoms with Crippen LogP contribution in [0.2, 0.25) is 0 Å². The van der Waals surface area contributed by atoms with Crippen molar-refractivity contribution in [3.8, 4) is 0 Å². The number of hydrogen-bond acceptors (Lipinski definition) is 4.